The van der Waals surface area contributed by atoms with Gasteiger partial charge in [0.1, 0.15) is 0 Å². The van der Waals surface area contributed by atoms with E-state index in [9.17, 15) is 9.59 Å². The van der Waals surface area contributed by atoms with E-state index in [1.807, 2.05) is 6.92 Å². The summed E-state index contributed by atoms with van der Waals surface area (Å²) >= 11 is 0. The topological polar surface area (TPSA) is 67.4 Å². The van der Waals surface area contributed by atoms with E-state index in [2.05, 4.69) is 15.4 Å². The Morgan fingerprint density at radius 1 is 1.39 bits per heavy atom. The van der Waals surface area contributed by atoms with Crippen molar-refractivity contribution in [1.82, 2.24) is 5.32 Å². The standard InChI is InChI=1S/C13H16N2O3/c1-8-3-4-9(13(17)18-2)5-11(8)15-12(16)10-6-14-7-10/h3-5,10,14H,6-7H2,1-2H3,(H,15,16). The minimum Gasteiger partial charge on any atom is -0.465 e. The number of ether oxygens (including phenoxy) is 1. The molecule has 1 aromatic carbocycles. The van der Waals surface area contributed by atoms with Crippen LogP contribution in [-0.4, -0.2) is 32.1 Å². The second-order valence-corrected chi connectivity index (χ2v) is 4.37. The average Bonchev–Trinajstić information content (AvgIpc) is 2.28. The molecule has 1 saturated heterocycles. The van der Waals surface area contributed by atoms with Crippen molar-refractivity contribution in [3.8, 4) is 0 Å². The number of nitrogens with one attached hydrogen (secondary N) is 2. The first-order chi connectivity index (χ1) is 8.61. The zero-order valence-corrected chi connectivity index (χ0v) is 10.4. The Bertz CT molecular complexity index is 481. The zero-order chi connectivity index (χ0) is 13.1. The number of benzene rings is 1. The van der Waals surface area contributed by atoms with E-state index in [0.29, 0.717) is 24.3 Å². The highest BCUT2D eigenvalue weighted by Crippen LogP contribution is 2.19. The van der Waals surface area contributed by atoms with Gasteiger partial charge in [0, 0.05) is 18.8 Å². The Kier molecular flexibility index (Phi) is 3.62. The van der Waals surface area contributed by atoms with Crippen LogP contribution in [0, 0.1) is 12.8 Å². The maximum absolute atomic E-state index is 11.8. The lowest BCUT2D eigenvalue weighted by Gasteiger charge is -2.26. The number of hydrogen-bond acceptors (Lipinski definition) is 4. The number of carbonyl (C=O) groups is 2. The summed E-state index contributed by atoms with van der Waals surface area (Å²) < 4.78 is 4.65. The fourth-order valence-corrected chi connectivity index (χ4v) is 1.71. The largest absolute Gasteiger partial charge is 0.465 e. The summed E-state index contributed by atoms with van der Waals surface area (Å²) in [5.74, 6) is -0.402. The van der Waals surface area contributed by atoms with Crippen LogP contribution in [0.25, 0.3) is 0 Å². The van der Waals surface area contributed by atoms with Gasteiger partial charge in [-0.25, -0.2) is 4.79 Å². The molecule has 1 fully saturated rings. The predicted octanol–water partition coefficient (Wildman–Crippen LogP) is 0.940. The molecule has 0 aliphatic carbocycles. The van der Waals surface area contributed by atoms with Crippen LogP contribution in [0.5, 0.6) is 0 Å². The molecule has 1 amide bonds. The third-order valence-corrected chi connectivity index (χ3v) is 3.07. The van der Waals surface area contributed by atoms with Gasteiger partial charge in [-0.3, -0.25) is 4.79 Å². The molecular weight excluding hydrogens is 232 g/mol. The van der Waals surface area contributed by atoms with E-state index in [1.165, 1.54) is 7.11 Å². The van der Waals surface area contributed by atoms with E-state index in [-0.39, 0.29) is 11.8 Å². The van der Waals surface area contributed by atoms with Crippen molar-refractivity contribution in [2.24, 2.45) is 5.92 Å². The summed E-state index contributed by atoms with van der Waals surface area (Å²) in [5.41, 5.74) is 2.02. The minimum atomic E-state index is -0.407. The molecule has 2 rings (SSSR count). The Morgan fingerprint density at radius 2 is 2.11 bits per heavy atom. The number of esters is 1. The van der Waals surface area contributed by atoms with Gasteiger partial charge in [0.2, 0.25) is 5.91 Å². The first-order valence-corrected chi connectivity index (χ1v) is 5.82. The van der Waals surface area contributed by atoms with Gasteiger partial charge in [-0.05, 0) is 24.6 Å². The Hall–Kier alpha value is -1.88. The van der Waals surface area contributed by atoms with Crippen molar-refractivity contribution in [2.75, 3.05) is 25.5 Å². The predicted molar refractivity (Wildman–Crippen MR) is 67.5 cm³/mol. The summed E-state index contributed by atoms with van der Waals surface area (Å²) in [6.45, 7) is 3.30. The molecule has 1 heterocycles. The van der Waals surface area contributed by atoms with Gasteiger partial charge < -0.3 is 15.4 Å². The van der Waals surface area contributed by atoms with Crippen molar-refractivity contribution in [1.29, 1.82) is 0 Å². The fourth-order valence-electron chi connectivity index (χ4n) is 1.71. The van der Waals surface area contributed by atoms with Gasteiger partial charge >= 0.3 is 5.97 Å². The SMILES string of the molecule is COC(=O)c1ccc(C)c(NC(=O)C2CNC2)c1. The number of amides is 1. The second-order valence-electron chi connectivity index (χ2n) is 4.37. The Balaban J connectivity index is 2.15. The van der Waals surface area contributed by atoms with Gasteiger partial charge in [-0.15, -0.1) is 0 Å². The molecule has 0 unspecified atom stereocenters. The van der Waals surface area contributed by atoms with Crippen molar-refractivity contribution in [2.45, 2.75) is 6.92 Å². The third kappa shape index (κ3) is 2.51. The molecule has 1 aromatic rings. The molecule has 0 saturated carbocycles. The van der Waals surface area contributed by atoms with Crippen molar-refractivity contribution in [3.05, 3.63) is 29.3 Å². The van der Waals surface area contributed by atoms with Gasteiger partial charge in [0.25, 0.3) is 0 Å². The number of aryl methyl sites for hydroxylation is 1. The van der Waals surface area contributed by atoms with Crippen LogP contribution in [0.4, 0.5) is 5.69 Å². The smallest absolute Gasteiger partial charge is 0.337 e. The highest BCUT2D eigenvalue weighted by molar-refractivity contribution is 5.96. The minimum absolute atomic E-state index is 0.0149. The molecule has 0 spiro atoms. The summed E-state index contributed by atoms with van der Waals surface area (Å²) in [6, 6.07) is 5.12. The van der Waals surface area contributed by atoms with Crippen LogP contribution in [0.3, 0.4) is 0 Å². The van der Waals surface area contributed by atoms with Crippen LogP contribution in [0.1, 0.15) is 15.9 Å². The van der Waals surface area contributed by atoms with E-state index in [1.54, 1.807) is 18.2 Å². The van der Waals surface area contributed by atoms with Crippen LogP contribution >= 0.6 is 0 Å². The van der Waals surface area contributed by atoms with Gasteiger partial charge in [-0.1, -0.05) is 6.07 Å². The Morgan fingerprint density at radius 3 is 2.67 bits per heavy atom. The molecule has 5 nitrogen and oxygen atoms in total. The average molecular weight is 248 g/mol. The molecule has 0 atom stereocenters. The Labute approximate surface area is 106 Å². The summed E-state index contributed by atoms with van der Waals surface area (Å²) in [7, 11) is 1.33. The van der Waals surface area contributed by atoms with E-state index >= 15 is 0 Å². The molecule has 96 valence electrons. The van der Waals surface area contributed by atoms with Crippen LogP contribution in [0.15, 0.2) is 18.2 Å². The maximum atomic E-state index is 11.8. The molecule has 0 bridgehead atoms. The van der Waals surface area contributed by atoms with Crippen LogP contribution < -0.4 is 10.6 Å². The molecule has 2 N–H and O–H groups in total. The first-order valence-electron chi connectivity index (χ1n) is 5.82. The summed E-state index contributed by atoms with van der Waals surface area (Å²) in [6.07, 6.45) is 0. The third-order valence-electron chi connectivity index (χ3n) is 3.07. The molecule has 18 heavy (non-hydrogen) atoms. The number of anilines is 1. The highest BCUT2D eigenvalue weighted by Gasteiger charge is 2.25. The number of hydrogen-bond donors (Lipinski definition) is 2. The quantitative estimate of drug-likeness (QED) is 0.781. The normalized spacial score (nSPS) is 14.8. The number of methoxy groups -OCH3 is 1. The van der Waals surface area contributed by atoms with Crippen molar-refractivity contribution < 1.29 is 14.3 Å². The lowest BCUT2D eigenvalue weighted by atomic mass is 10.0. The zero-order valence-electron chi connectivity index (χ0n) is 10.4. The summed E-state index contributed by atoms with van der Waals surface area (Å²) in [5, 5.41) is 5.89. The van der Waals surface area contributed by atoms with Crippen molar-refractivity contribution in [3.63, 3.8) is 0 Å². The maximum Gasteiger partial charge on any atom is 0.337 e. The van der Waals surface area contributed by atoms with Gasteiger partial charge in [0.05, 0.1) is 18.6 Å². The monoisotopic (exact) mass is 248 g/mol. The van der Waals surface area contributed by atoms with Gasteiger partial charge in [0.15, 0.2) is 0 Å². The first kappa shape index (κ1) is 12.6. The van der Waals surface area contributed by atoms with Crippen molar-refractivity contribution >= 4 is 17.6 Å². The van der Waals surface area contributed by atoms with Crippen LogP contribution in [-0.2, 0) is 9.53 Å². The lowest BCUT2D eigenvalue weighted by Crippen LogP contribution is -2.48. The molecule has 1 aliphatic heterocycles. The van der Waals surface area contributed by atoms with Crippen LogP contribution in [0.2, 0.25) is 0 Å². The summed E-state index contributed by atoms with van der Waals surface area (Å²) in [4.78, 5) is 23.2. The lowest BCUT2D eigenvalue weighted by molar-refractivity contribution is -0.121. The van der Waals surface area contributed by atoms with E-state index in [4.69, 9.17) is 0 Å². The molecule has 0 aromatic heterocycles. The fraction of sp³-hybridized carbons (Fsp3) is 0.385. The van der Waals surface area contributed by atoms with E-state index in [0.717, 1.165) is 5.56 Å². The highest BCUT2D eigenvalue weighted by atomic mass is 16.5. The molecular formula is C13H16N2O3. The molecule has 5 heteroatoms. The molecule has 0 radical (unpaired) electrons. The van der Waals surface area contributed by atoms with Gasteiger partial charge in [-0.2, -0.15) is 0 Å². The number of rotatable bonds is 3. The molecule has 1 aliphatic rings. The van der Waals surface area contributed by atoms with E-state index < -0.39 is 5.97 Å². The second kappa shape index (κ2) is 5.18. The number of carbonyl (C=O) groups excluding carboxylic acids is 2.